The molecule has 2 aromatic rings. The SMILES string of the molecule is Cn1c(=O)n(CCCN)c(=O)c2cccc(O)c21. The number of aryl methyl sites for hydroxylation is 1. The maximum atomic E-state index is 12.2. The lowest BCUT2D eigenvalue weighted by Gasteiger charge is -2.11. The topological polar surface area (TPSA) is 90.3 Å². The van der Waals surface area contributed by atoms with E-state index in [1.807, 2.05) is 0 Å². The summed E-state index contributed by atoms with van der Waals surface area (Å²) in [7, 11) is 1.53. The van der Waals surface area contributed by atoms with Gasteiger partial charge < -0.3 is 10.8 Å². The van der Waals surface area contributed by atoms with Crippen molar-refractivity contribution >= 4 is 10.9 Å². The maximum Gasteiger partial charge on any atom is 0.331 e. The Hall–Kier alpha value is -2.08. The van der Waals surface area contributed by atoms with Gasteiger partial charge in [-0.2, -0.15) is 0 Å². The Morgan fingerprint density at radius 2 is 2.06 bits per heavy atom. The number of fused-ring (bicyclic) bond motifs is 1. The van der Waals surface area contributed by atoms with Crippen molar-refractivity contribution in [3.8, 4) is 5.75 Å². The second-order valence-electron chi connectivity index (χ2n) is 4.11. The Kier molecular flexibility index (Phi) is 3.20. The van der Waals surface area contributed by atoms with E-state index in [1.165, 1.54) is 17.7 Å². The number of phenols is 1. The van der Waals surface area contributed by atoms with Crippen LogP contribution in [0.15, 0.2) is 27.8 Å². The summed E-state index contributed by atoms with van der Waals surface area (Å²) in [5.74, 6) is -0.0739. The molecule has 0 unspecified atom stereocenters. The minimum absolute atomic E-state index is 0.0739. The van der Waals surface area contributed by atoms with Gasteiger partial charge in [-0.05, 0) is 25.1 Å². The summed E-state index contributed by atoms with van der Waals surface area (Å²) in [5.41, 5.74) is 4.81. The number of aromatic nitrogens is 2. The molecule has 0 radical (unpaired) electrons. The predicted molar refractivity (Wildman–Crippen MR) is 68.8 cm³/mol. The van der Waals surface area contributed by atoms with E-state index in [2.05, 4.69) is 0 Å². The van der Waals surface area contributed by atoms with Crippen molar-refractivity contribution in [1.82, 2.24) is 9.13 Å². The first kappa shape index (κ1) is 12.4. The highest BCUT2D eigenvalue weighted by molar-refractivity contribution is 5.83. The molecular weight excluding hydrogens is 234 g/mol. The van der Waals surface area contributed by atoms with Crippen LogP contribution in [0.25, 0.3) is 10.9 Å². The van der Waals surface area contributed by atoms with Crippen molar-refractivity contribution in [3.63, 3.8) is 0 Å². The molecule has 0 fully saturated rings. The molecule has 0 aliphatic heterocycles. The third kappa shape index (κ3) is 1.80. The van der Waals surface area contributed by atoms with Crippen LogP contribution >= 0.6 is 0 Å². The van der Waals surface area contributed by atoms with Crippen molar-refractivity contribution in [2.75, 3.05) is 6.54 Å². The summed E-state index contributed by atoms with van der Waals surface area (Å²) in [5, 5.41) is 10.1. The van der Waals surface area contributed by atoms with Crippen molar-refractivity contribution < 1.29 is 5.11 Å². The number of rotatable bonds is 3. The lowest BCUT2D eigenvalue weighted by Crippen LogP contribution is -2.39. The van der Waals surface area contributed by atoms with Crippen molar-refractivity contribution in [1.29, 1.82) is 0 Å². The predicted octanol–water partition coefficient (Wildman–Crippen LogP) is -0.245. The maximum absolute atomic E-state index is 12.2. The minimum atomic E-state index is -0.442. The first-order valence-corrected chi connectivity index (χ1v) is 5.69. The fourth-order valence-electron chi connectivity index (χ4n) is 2.01. The molecule has 18 heavy (non-hydrogen) atoms. The van der Waals surface area contributed by atoms with Crippen LogP contribution in [0.2, 0.25) is 0 Å². The number of hydrogen-bond acceptors (Lipinski definition) is 4. The van der Waals surface area contributed by atoms with E-state index in [1.54, 1.807) is 12.1 Å². The molecule has 1 aromatic carbocycles. The van der Waals surface area contributed by atoms with Gasteiger partial charge in [0.05, 0.1) is 10.9 Å². The summed E-state index contributed by atoms with van der Waals surface area (Å²) in [4.78, 5) is 24.2. The van der Waals surface area contributed by atoms with Crippen LogP contribution in [0.1, 0.15) is 6.42 Å². The van der Waals surface area contributed by atoms with Crippen molar-refractivity contribution in [2.45, 2.75) is 13.0 Å². The molecule has 0 spiro atoms. The van der Waals surface area contributed by atoms with Crippen molar-refractivity contribution in [3.05, 3.63) is 39.0 Å². The quantitative estimate of drug-likeness (QED) is 0.785. The summed E-state index contributed by atoms with van der Waals surface area (Å²) in [6.45, 7) is 0.696. The van der Waals surface area contributed by atoms with Gasteiger partial charge in [0.25, 0.3) is 5.56 Å². The number of benzene rings is 1. The normalized spacial score (nSPS) is 11.0. The number of nitrogens with two attached hydrogens (primary N) is 1. The monoisotopic (exact) mass is 249 g/mol. The number of hydrogen-bond donors (Lipinski definition) is 2. The average Bonchev–Trinajstić information content (AvgIpc) is 2.36. The van der Waals surface area contributed by atoms with Gasteiger partial charge in [0.15, 0.2) is 0 Å². The zero-order chi connectivity index (χ0) is 13.3. The van der Waals surface area contributed by atoms with Gasteiger partial charge in [-0.15, -0.1) is 0 Å². The molecule has 3 N–H and O–H groups in total. The van der Waals surface area contributed by atoms with Gasteiger partial charge in [-0.1, -0.05) is 6.07 Å². The van der Waals surface area contributed by atoms with E-state index in [0.29, 0.717) is 18.4 Å². The van der Waals surface area contributed by atoms with Crippen LogP contribution in [0.3, 0.4) is 0 Å². The molecule has 6 heteroatoms. The Labute approximate surface area is 103 Å². The zero-order valence-electron chi connectivity index (χ0n) is 10.1. The van der Waals surface area contributed by atoms with E-state index in [9.17, 15) is 14.7 Å². The number of para-hydroxylation sites is 1. The standard InChI is InChI=1S/C12H15N3O3/c1-14-10-8(4-2-5-9(10)16)11(17)15(12(14)18)7-3-6-13/h2,4-5,16H,3,6-7,13H2,1H3. The van der Waals surface area contributed by atoms with Gasteiger partial charge in [0, 0.05) is 13.6 Å². The Bertz CT molecular complexity index is 700. The molecule has 1 aromatic heterocycles. The van der Waals surface area contributed by atoms with Crippen LogP contribution in [-0.4, -0.2) is 20.8 Å². The molecule has 0 aliphatic carbocycles. The molecule has 2 rings (SSSR count). The van der Waals surface area contributed by atoms with E-state index in [0.717, 1.165) is 4.57 Å². The largest absolute Gasteiger partial charge is 0.506 e. The second-order valence-corrected chi connectivity index (χ2v) is 4.11. The summed E-state index contributed by atoms with van der Waals surface area (Å²) < 4.78 is 2.43. The molecule has 0 saturated carbocycles. The van der Waals surface area contributed by atoms with Crippen LogP contribution < -0.4 is 17.0 Å². The van der Waals surface area contributed by atoms with E-state index in [4.69, 9.17) is 5.73 Å². The van der Waals surface area contributed by atoms with Gasteiger partial charge in [0.2, 0.25) is 0 Å². The number of aromatic hydroxyl groups is 1. The average molecular weight is 249 g/mol. The van der Waals surface area contributed by atoms with Crippen molar-refractivity contribution in [2.24, 2.45) is 12.8 Å². The molecule has 0 bridgehead atoms. The molecule has 0 atom stereocenters. The smallest absolute Gasteiger partial charge is 0.331 e. The highest BCUT2D eigenvalue weighted by Crippen LogP contribution is 2.19. The number of nitrogens with zero attached hydrogens (tertiary/aromatic N) is 2. The van der Waals surface area contributed by atoms with Crippen LogP contribution in [-0.2, 0) is 13.6 Å². The molecule has 1 heterocycles. The van der Waals surface area contributed by atoms with E-state index in [-0.39, 0.29) is 17.8 Å². The molecule has 0 aliphatic rings. The fraction of sp³-hybridized carbons (Fsp3) is 0.333. The van der Waals surface area contributed by atoms with E-state index < -0.39 is 11.2 Å². The summed E-state index contributed by atoms with van der Waals surface area (Å²) in [6.07, 6.45) is 0.555. The Morgan fingerprint density at radius 1 is 1.33 bits per heavy atom. The molecule has 0 amide bonds. The summed E-state index contributed by atoms with van der Waals surface area (Å²) >= 11 is 0. The third-order valence-electron chi connectivity index (χ3n) is 2.93. The van der Waals surface area contributed by atoms with E-state index >= 15 is 0 Å². The van der Waals surface area contributed by atoms with Gasteiger partial charge in [-0.3, -0.25) is 13.9 Å². The lowest BCUT2D eigenvalue weighted by atomic mass is 10.2. The Balaban J connectivity index is 2.84. The molecule has 0 saturated heterocycles. The molecule has 6 nitrogen and oxygen atoms in total. The first-order chi connectivity index (χ1) is 8.57. The van der Waals surface area contributed by atoms with Crippen LogP contribution in [0.5, 0.6) is 5.75 Å². The third-order valence-corrected chi connectivity index (χ3v) is 2.93. The molecule has 96 valence electrons. The van der Waals surface area contributed by atoms with Gasteiger partial charge >= 0.3 is 5.69 Å². The fourth-order valence-corrected chi connectivity index (χ4v) is 2.01. The Morgan fingerprint density at radius 3 is 2.72 bits per heavy atom. The zero-order valence-corrected chi connectivity index (χ0v) is 10.1. The highest BCUT2D eigenvalue weighted by Gasteiger charge is 2.12. The minimum Gasteiger partial charge on any atom is -0.506 e. The number of phenolic OH excluding ortho intramolecular Hbond substituents is 1. The van der Waals surface area contributed by atoms with Gasteiger partial charge in [0.1, 0.15) is 5.75 Å². The van der Waals surface area contributed by atoms with Crippen LogP contribution in [0.4, 0.5) is 0 Å². The molecular formula is C12H15N3O3. The summed E-state index contributed by atoms with van der Waals surface area (Å²) in [6, 6.07) is 4.62. The second kappa shape index (κ2) is 4.66. The lowest BCUT2D eigenvalue weighted by molar-refractivity contribution is 0.476. The van der Waals surface area contributed by atoms with Gasteiger partial charge in [-0.25, -0.2) is 4.79 Å². The van der Waals surface area contributed by atoms with Crippen LogP contribution in [0, 0.1) is 0 Å². The first-order valence-electron chi connectivity index (χ1n) is 5.69. The highest BCUT2D eigenvalue weighted by atomic mass is 16.3.